The maximum Gasteiger partial charge on any atom is 0.240 e. The second-order valence-electron chi connectivity index (χ2n) is 4.66. The summed E-state index contributed by atoms with van der Waals surface area (Å²) in [5.41, 5.74) is 0.443. The van der Waals surface area contributed by atoms with Gasteiger partial charge in [-0.15, -0.1) is 0 Å². The van der Waals surface area contributed by atoms with Gasteiger partial charge in [-0.2, -0.15) is 5.26 Å². The molecule has 1 heterocycles. The van der Waals surface area contributed by atoms with E-state index in [-0.39, 0.29) is 17.0 Å². The zero-order valence-electron chi connectivity index (χ0n) is 10.7. The number of hydrogen-bond acceptors (Lipinski definition) is 4. The van der Waals surface area contributed by atoms with Gasteiger partial charge in [-0.1, -0.05) is 0 Å². The van der Waals surface area contributed by atoms with E-state index in [1.54, 1.807) is 0 Å². The first-order valence-electron chi connectivity index (χ1n) is 6.15. The molecule has 1 N–H and O–H groups in total. The molecule has 102 valence electrons. The van der Waals surface area contributed by atoms with Crippen molar-refractivity contribution in [3.05, 3.63) is 29.8 Å². The Morgan fingerprint density at radius 2 is 2.05 bits per heavy atom. The molecule has 1 saturated heterocycles. The number of rotatable bonds is 3. The standard InChI is InChI=1S/C13H16N2O3S/c1-10-8-12(6-7-18-10)15-19(16,17)13-4-2-11(9-14)3-5-13/h2-5,10,12,15H,6-8H2,1H3. The van der Waals surface area contributed by atoms with Crippen molar-refractivity contribution >= 4 is 10.0 Å². The summed E-state index contributed by atoms with van der Waals surface area (Å²) < 4.78 is 32.4. The third-order valence-electron chi connectivity index (χ3n) is 3.10. The van der Waals surface area contributed by atoms with Gasteiger partial charge in [0.05, 0.1) is 22.6 Å². The summed E-state index contributed by atoms with van der Waals surface area (Å²) in [5, 5.41) is 8.69. The summed E-state index contributed by atoms with van der Waals surface area (Å²) in [6.07, 6.45) is 1.43. The summed E-state index contributed by atoms with van der Waals surface area (Å²) in [7, 11) is -3.52. The Hall–Kier alpha value is -1.42. The van der Waals surface area contributed by atoms with Gasteiger partial charge in [0.25, 0.3) is 0 Å². The van der Waals surface area contributed by atoms with Crippen molar-refractivity contribution in [2.75, 3.05) is 6.61 Å². The van der Waals surface area contributed by atoms with Crippen LogP contribution in [0.4, 0.5) is 0 Å². The van der Waals surface area contributed by atoms with Crippen LogP contribution in [0.5, 0.6) is 0 Å². The number of nitrogens with zero attached hydrogens (tertiary/aromatic N) is 1. The number of ether oxygens (including phenoxy) is 1. The fourth-order valence-corrected chi connectivity index (χ4v) is 3.38. The molecule has 1 fully saturated rings. The Kier molecular flexibility index (Phi) is 4.20. The fourth-order valence-electron chi connectivity index (χ4n) is 2.10. The molecule has 1 aromatic carbocycles. The van der Waals surface area contributed by atoms with Gasteiger partial charge in [0, 0.05) is 12.6 Å². The minimum absolute atomic E-state index is 0.0717. The number of benzene rings is 1. The lowest BCUT2D eigenvalue weighted by molar-refractivity contribution is 0.0173. The molecule has 5 nitrogen and oxygen atoms in total. The molecule has 1 aromatic rings. The highest BCUT2D eigenvalue weighted by Crippen LogP contribution is 2.17. The van der Waals surface area contributed by atoms with Crippen LogP contribution < -0.4 is 4.72 Å². The lowest BCUT2D eigenvalue weighted by Crippen LogP contribution is -2.41. The Morgan fingerprint density at radius 1 is 1.37 bits per heavy atom. The molecule has 1 aliphatic rings. The van der Waals surface area contributed by atoms with Crippen LogP contribution >= 0.6 is 0 Å². The van der Waals surface area contributed by atoms with Gasteiger partial charge in [-0.25, -0.2) is 13.1 Å². The van der Waals surface area contributed by atoms with E-state index in [4.69, 9.17) is 10.00 Å². The summed E-state index contributed by atoms with van der Waals surface area (Å²) in [6, 6.07) is 7.77. The predicted octanol–water partition coefficient (Wildman–Crippen LogP) is 1.40. The Balaban J connectivity index is 2.11. The van der Waals surface area contributed by atoms with Crippen molar-refractivity contribution in [2.45, 2.75) is 36.8 Å². The third-order valence-corrected chi connectivity index (χ3v) is 4.64. The molecule has 19 heavy (non-hydrogen) atoms. The minimum atomic E-state index is -3.52. The minimum Gasteiger partial charge on any atom is -0.378 e. The molecule has 0 aliphatic carbocycles. The van der Waals surface area contributed by atoms with Gasteiger partial charge in [-0.05, 0) is 44.0 Å². The van der Waals surface area contributed by atoms with E-state index in [0.717, 1.165) is 0 Å². The first kappa shape index (κ1) is 14.0. The maximum atomic E-state index is 12.2. The average molecular weight is 280 g/mol. The van der Waals surface area contributed by atoms with Gasteiger partial charge in [0.2, 0.25) is 10.0 Å². The smallest absolute Gasteiger partial charge is 0.240 e. The van der Waals surface area contributed by atoms with Crippen molar-refractivity contribution in [2.24, 2.45) is 0 Å². The summed E-state index contributed by atoms with van der Waals surface area (Å²) >= 11 is 0. The number of nitrogens with one attached hydrogen (secondary N) is 1. The Morgan fingerprint density at radius 3 is 2.63 bits per heavy atom. The normalized spacial score (nSPS) is 23.8. The van der Waals surface area contributed by atoms with E-state index in [0.29, 0.717) is 25.0 Å². The summed E-state index contributed by atoms with van der Waals surface area (Å²) in [4.78, 5) is 0.186. The van der Waals surface area contributed by atoms with Gasteiger partial charge in [-0.3, -0.25) is 0 Å². The Bertz CT molecular complexity index is 575. The van der Waals surface area contributed by atoms with Gasteiger partial charge in [0.1, 0.15) is 0 Å². The number of hydrogen-bond donors (Lipinski definition) is 1. The lowest BCUT2D eigenvalue weighted by atomic mass is 10.1. The lowest BCUT2D eigenvalue weighted by Gasteiger charge is -2.27. The van der Waals surface area contributed by atoms with E-state index in [9.17, 15) is 8.42 Å². The molecule has 1 aliphatic heterocycles. The monoisotopic (exact) mass is 280 g/mol. The number of sulfonamides is 1. The van der Waals surface area contributed by atoms with Crippen molar-refractivity contribution in [3.8, 4) is 6.07 Å². The molecule has 0 bridgehead atoms. The van der Waals surface area contributed by atoms with Crippen LogP contribution in [0.1, 0.15) is 25.3 Å². The highest BCUT2D eigenvalue weighted by atomic mass is 32.2. The molecular weight excluding hydrogens is 264 g/mol. The predicted molar refractivity (Wildman–Crippen MR) is 69.9 cm³/mol. The second-order valence-corrected chi connectivity index (χ2v) is 6.37. The zero-order valence-corrected chi connectivity index (χ0v) is 11.5. The van der Waals surface area contributed by atoms with Crippen LogP contribution in [0.3, 0.4) is 0 Å². The molecular formula is C13H16N2O3S. The van der Waals surface area contributed by atoms with E-state index in [2.05, 4.69) is 4.72 Å². The largest absolute Gasteiger partial charge is 0.378 e. The molecule has 0 amide bonds. The first-order valence-corrected chi connectivity index (χ1v) is 7.63. The topological polar surface area (TPSA) is 79.2 Å². The van der Waals surface area contributed by atoms with Crippen LogP contribution in [-0.2, 0) is 14.8 Å². The highest BCUT2D eigenvalue weighted by Gasteiger charge is 2.24. The van der Waals surface area contributed by atoms with Crippen molar-refractivity contribution in [1.29, 1.82) is 5.26 Å². The SMILES string of the molecule is CC1CC(NS(=O)(=O)c2ccc(C#N)cc2)CCO1. The third kappa shape index (κ3) is 3.53. The van der Waals surface area contributed by atoms with Crippen LogP contribution in [0.25, 0.3) is 0 Å². The molecule has 0 spiro atoms. The highest BCUT2D eigenvalue weighted by molar-refractivity contribution is 7.89. The van der Waals surface area contributed by atoms with Crippen LogP contribution in [0, 0.1) is 11.3 Å². The molecule has 6 heteroatoms. The van der Waals surface area contributed by atoms with E-state index < -0.39 is 10.0 Å². The number of nitriles is 1. The fraction of sp³-hybridized carbons (Fsp3) is 0.462. The van der Waals surface area contributed by atoms with Crippen molar-refractivity contribution < 1.29 is 13.2 Å². The molecule has 2 rings (SSSR count). The van der Waals surface area contributed by atoms with E-state index >= 15 is 0 Å². The second kappa shape index (κ2) is 5.70. The van der Waals surface area contributed by atoms with Crippen molar-refractivity contribution in [1.82, 2.24) is 4.72 Å². The molecule has 2 atom stereocenters. The van der Waals surface area contributed by atoms with Crippen LogP contribution in [0.15, 0.2) is 29.2 Å². The zero-order chi connectivity index (χ0) is 13.9. The first-order chi connectivity index (χ1) is 9.01. The molecule has 2 unspecified atom stereocenters. The molecule has 0 saturated carbocycles. The van der Waals surface area contributed by atoms with Crippen LogP contribution in [-0.4, -0.2) is 27.2 Å². The van der Waals surface area contributed by atoms with Gasteiger partial charge in [0.15, 0.2) is 0 Å². The van der Waals surface area contributed by atoms with E-state index in [1.807, 2.05) is 13.0 Å². The Labute approximate surface area is 113 Å². The summed E-state index contributed by atoms with van der Waals surface area (Å²) in [5.74, 6) is 0. The van der Waals surface area contributed by atoms with Gasteiger partial charge >= 0.3 is 0 Å². The van der Waals surface area contributed by atoms with Crippen molar-refractivity contribution in [3.63, 3.8) is 0 Å². The average Bonchev–Trinajstić information content (AvgIpc) is 2.38. The summed E-state index contributed by atoms with van der Waals surface area (Å²) in [6.45, 7) is 2.50. The van der Waals surface area contributed by atoms with Gasteiger partial charge < -0.3 is 4.74 Å². The molecule has 0 radical (unpaired) electrons. The molecule has 0 aromatic heterocycles. The quantitative estimate of drug-likeness (QED) is 0.907. The van der Waals surface area contributed by atoms with Crippen LogP contribution in [0.2, 0.25) is 0 Å². The van der Waals surface area contributed by atoms with E-state index in [1.165, 1.54) is 24.3 Å². The maximum absolute atomic E-state index is 12.2.